The molecule has 7 nitrogen and oxygen atoms in total. The van der Waals surface area contributed by atoms with Gasteiger partial charge in [0.05, 0.1) is 13.4 Å². The molecule has 0 aliphatic carbocycles. The maximum Gasteiger partial charge on any atom is 0.268 e. The molecule has 20 heavy (non-hydrogen) atoms. The lowest BCUT2D eigenvalue weighted by Gasteiger charge is -2.09. The first-order chi connectivity index (χ1) is 9.51. The van der Waals surface area contributed by atoms with E-state index in [1.165, 1.54) is 25.6 Å². The largest absolute Gasteiger partial charge is 0.497 e. The number of methoxy groups -OCH3 is 1. The van der Waals surface area contributed by atoms with E-state index in [0.29, 0.717) is 15.1 Å². The van der Waals surface area contributed by atoms with Gasteiger partial charge >= 0.3 is 0 Å². The van der Waals surface area contributed by atoms with Crippen molar-refractivity contribution in [3.63, 3.8) is 0 Å². The Balaban J connectivity index is 2.42. The first kappa shape index (κ1) is 14.3. The Hall–Kier alpha value is -2.10. The van der Waals surface area contributed by atoms with E-state index < -0.39 is 5.91 Å². The Labute approximate surface area is 127 Å². The summed E-state index contributed by atoms with van der Waals surface area (Å²) in [6.45, 7) is 0. The maximum atomic E-state index is 11.4. The minimum Gasteiger partial charge on any atom is -0.497 e. The molecular weight excluding hydrogens is 377 g/mol. The molecule has 0 unspecified atom stereocenters. The number of aromatic amines is 1. The Kier molecular flexibility index (Phi) is 4.23. The molecule has 3 N–H and O–H groups in total. The summed E-state index contributed by atoms with van der Waals surface area (Å²) in [6.07, 6.45) is 1.23. The highest BCUT2D eigenvalue weighted by Gasteiger charge is 2.11. The van der Waals surface area contributed by atoms with E-state index in [2.05, 4.69) is 9.97 Å². The molecule has 0 atom stereocenters. The first-order valence-corrected chi connectivity index (χ1v) is 6.49. The summed E-state index contributed by atoms with van der Waals surface area (Å²) in [7, 11) is 1.46. The van der Waals surface area contributed by atoms with Crippen LogP contribution in [-0.4, -0.2) is 23.0 Å². The average molecular weight is 387 g/mol. The topological polar surface area (TPSA) is 107 Å². The molecule has 1 aromatic carbocycles. The minimum atomic E-state index is -0.609. The number of benzene rings is 1. The summed E-state index contributed by atoms with van der Waals surface area (Å²) >= 11 is 1.82. The second-order valence-corrected chi connectivity index (χ2v) is 4.79. The number of carbonyl (C=O) groups excluding carboxylic acids is 1. The van der Waals surface area contributed by atoms with E-state index in [-0.39, 0.29) is 17.0 Å². The van der Waals surface area contributed by atoms with Crippen LogP contribution >= 0.6 is 22.6 Å². The SMILES string of the molecule is COc1cc(Oc2nc[nH]c(=O)c2I)cc(C(N)=O)c1. The molecule has 104 valence electrons. The zero-order chi connectivity index (χ0) is 14.7. The molecule has 0 aliphatic heterocycles. The van der Waals surface area contributed by atoms with E-state index in [0.717, 1.165) is 0 Å². The molecule has 8 heteroatoms. The van der Waals surface area contributed by atoms with Gasteiger partial charge in [0.1, 0.15) is 15.1 Å². The van der Waals surface area contributed by atoms with Gasteiger partial charge in [-0.3, -0.25) is 9.59 Å². The second-order valence-electron chi connectivity index (χ2n) is 3.71. The number of primary amides is 1. The predicted molar refractivity (Wildman–Crippen MR) is 79.2 cm³/mol. The van der Waals surface area contributed by atoms with E-state index in [1.807, 2.05) is 22.6 Å². The number of rotatable bonds is 4. The predicted octanol–water partition coefficient (Wildman–Crippen LogP) is 1.27. The van der Waals surface area contributed by atoms with Gasteiger partial charge in [0, 0.05) is 11.6 Å². The summed E-state index contributed by atoms with van der Waals surface area (Å²) in [6, 6.07) is 4.50. The third-order valence-electron chi connectivity index (χ3n) is 2.38. The molecular formula is C12H10IN3O4. The van der Waals surface area contributed by atoms with E-state index in [1.54, 1.807) is 6.07 Å². The van der Waals surface area contributed by atoms with Gasteiger partial charge < -0.3 is 20.2 Å². The summed E-state index contributed by atoms with van der Waals surface area (Å²) in [5, 5.41) is 0. The van der Waals surface area contributed by atoms with Gasteiger partial charge in [-0.15, -0.1) is 0 Å². The molecule has 0 fully saturated rings. The fraction of sp³-hybridized carbons (Fsp3) is 0.0833. The van der Waals surface area contributed by atoms with Crippen molar-refractivity contribution in [3.05, 3.63) is 44.0 Å². The fourth-order valence-electron chi connectivity index (χ4n) is 1.44. The normalized spacial score (nSPS) is 10.1. The monoisotopic (exact) mass is 387 g/mol. The number of hydrogen-bond acceptors (Lipinski definition) is 5. The summed E-state index contributed by atoms with van der Waals surface area (Å²) in [5.74, 6) is 0.241. The molecule has 0 saturated heterocycles. The summed E-state index contributed by atoms with van der Waals surface area (Å²) in [4.78, 5) is 29.0. The van der Waals surface area contributed by atoms with Crippen molar-refractivity contribution in [1.82, 2.24) is 9.97 Å². The molecule has 0 bridgehead atoms. The van der Waals surface area contributed by atoms with E-state index >= 15 is 0 Å². The number of nitrogens with two attached hydrogens (primary N) is 1. The number of hydrogen-bond donors (Lipinski definition) is 2. The number of nitrogens with zero attached hydrogens (tertiary/aromatic N) is 1. The first-order valence-electron chi connectivity index (χ1n) is 5.41. The maximum absolute atomic E-state index is 11.4. The zero-order valence-corrected chi connectivity index (χ0v) is 12.5. The van der Waals surface area contributed by atoms with Crippen LogP contribution in [0.25, 0.3) is 0 Å². The average Bonchev–Trinajstić information content (AvgIpc) is 2.43. The third kappa shape index (κ3) is 3.07. The molecule has 1 amide bonds. The van der Waals surface area contributed by atoms with Crippen molar-refractivity contribution in [1.29, 1.82) is 0 Å². The fourth-order valence-corrected chi connectivity index (χ4v) is 1.85. The van der Waals surface area contributed by atoms with Crippen LogP contribution < -0.4 is 20.8 Å². The van der Waals surface area contributed by atoms with Crippen LogP contribution in [0.5, 0.6) is 17.4 Å². The van der Waals surface area contributed by atoms with Crippen molar-refractivity contribution in [2.75, 3.05) is 7.11 Å². The minimum absolute atomic E-state index is 0.137. The number of H-pyrrole nitrogens is 1. The number of aromatic nitrogens is 2. The van der Waals surface area contributed by atoms with Crippen molar-refractivity contribution in [3.8, 4) is 17.4 Å². The van der Waals surface area contributed by atoms with Gasteiger partial charge in [0.2, 0.25) is 11.8 Å². The van der Waals surface area contributed by atoms with Crippen LogP contribution in [0.2, 0.25) is 0 Å². The van der Waals surface area contributed by atoms with Gasteiger partial charge in [-0.25, -0.2) is 4.98 Å². The van der Waals surface area contributed by atoms with Gasteiger partial charge in [-0.1, -0.05) is 0 Å². The van der Waals surface area contributed by atoms with Gasteiger partial charge in [0.25, 0.3) is 5.56 Å². The lowest BCUT2D eigenvalue weighted by atomic mass is 10.2. The van der Waals surface area contributed by atoms with Gasteiger partial charge in [0.15, 0.2) is 0 Å². The van der Waals surface area contributed by atoms with E-state index in [9.17, 15) is 9.59 Å². The quantitative estimate of drug-likeness (QED) is 0.769. The Morgan fingerprint density at radius 1 is 1.35 bits per heavy atom. The highest BCUT2D eigenvalue weighted by Crippen LogP contribution is 2.27. The molecule has 2 aromatic rings. The van der Waals surface area contributed by atoms with Crippen LogP contribution in [0.15, 0.2) is 29.3 Å². The van der Waals surface area contributed by atoms with Crippen molar-refractivity contribution in [2.45, 2.75) is 0 Å². The second kappa shape index (κ2) is 5.90. The molecule has 2 rings (SSSR count). The number of ether oxygens (including phenoxy) is 2. The van der Waals surface area contributed by atoms with Gasteiger partial charge in [-0.05, 0) is 34.7 Å². The smallest absolute Gasteiger partial charge is 0.268 e. The highest BCUT2D eigenvalue weighted by atomic mass is 127. The molecule has 0 radical (unpaired) electrons. The lowest BCUT2D eigenvalue weighted by Crippen LogP contribution is -2.12. The number of amides is 1. The number of carbonyl (C=O) groups is 1. The van der Waals surface area contributed by atoms with E-state index in [4.69, 9.17) is 15.2 Å². The standard InChI is InChI=1S/C12H10IN3O4/c1-19-7-2-6(10(14)17)3-8(4-7)20-12-9(13)11(18)15-5-16-12/h2-5H,1H3,(H2,14,17)(H,15,16,18). The van der Waals surface area contributed by atoms with Crippen LogP contribution in [0.1, 0.15) is 10.4 Å². The van der Waals surface area contributed by atoms with Crippen LogP contribution in [-0.2, 0) is 0 Å². The van der Waals surface area contributed by atoms with Gasteiger partial charge in [-0.2, -0.15) is 0 Å². The molecule has 1 aromatic heterocycles. The molecule has 0 aliphatic rings. The Morgan fingerprint density at radius 2 is 2.05 bits per heavy atom. The zero-order valence-electron chi connectivity index (χ0n) is 10.3. The van der Waals surface area contributed by atoms with Crippen LogP contribution in [0.3, 0.4) is 0 Å². The molecule has 1 heterocycles. The number of nitrogens with one attached hydrogen (secondary N) is 1. The Morgan fingerprint density at radius 3 is 2.70 bits per heavy atom. The summed E-state index contributed by atoms with van der Waals surface area (Å²) < 4.78 is 10.9. The van der Waals surface area contributed by atoms with Crippen LogP contribution in [0, 0.1) is 3.57 Å². The number of halogens is 1. The van der Waals surface area contributed by atoms with Crippen molar-refractivity contribution in [2.24, 2.45) is 5.73 Å². The highest BCUT2D eigenvalue weighted by molar-refractivity contribution is 14.1. The summed E-state index contributed by atoms with van der Waals surface area (Å²) in [5.41, 5.74) is 5.16. The van der Waals surface area contributed by atoms with Crippen molar-refractivity contribution < 1.29 is 14.3 Å². The Bertz CT molecular complexity index is 714. The third-order valence-corrected chi connectivity index (χ3v) is 3.33. The van der Waals surface area contributed by atoms with Crippen molar-refractivity contribution >= 4 is 28.5 Å². The molecule has 0 saturated carbocycles. The lowest BCUT2D eigenvalue weighted by molar-refractivity contribution is 0.0999. The molecule has 0 spiro atoms. The van der Waals surface area contributed by atoms with Crippen LogP contribution in [0.4, 0.5) is 0 Å².